The van der Waals surface area contributed by atoms with Crippen molar-refractivity contribution in [3.05, 3.63) is 35.6 Å². The van der Waals surface area contributed by atoms with Gasteiger partial charge in [0.25, 0.3) is 0 Å². The third kappa shape index (κ3) is 4.28. The lowest BCUT2D eigenvalue weighted by atomic mass is 10.0. The first kappa shape index (κ1) is 14.9. The molecule has 0 saturated carbocycles. The second-order valence-corrected chi connectivity index (χ2v) is 5.47. The van der Waals surface area contributed by atoms with E-state index in [1.165, 1.54) is 12.1 Å². The maximum absolute atomic E-state index is 12.8. The number of nitrogens with one attached hydrogen (secondary N) is 1. The van der Waals surface area contributed by atoms with Crippen molar-refractivity contribution < 1.29 is 9.18 Å². The SMILES string of the molecule is CC(N)C(=O)NC1CCN(Cc2ccc(F)cc2)CC1. The number of amides is 1. The van der Waals surface area contributed by atoms with Crippen molar-refractivity contribution in [2.24, 2.45) is 5.73 Å². The van der Waals surface area contributed by atoms with E-state index in [-0.39, 0.29) is 17.8 Å². The van der Waals surface area contributed by atoms with E-state index in [1.807, 2.05) is 12.1 Å². The predicted octanol–water partition coefficient (Wildman–Crippen LogP) is 1.25. The average Bonchev–Trinajstić information content (AvgIpc) is 2.43. The summed E-state index contributed by atoms with van der Waals surface area (Å²) in [5, 5.41) is 2.97. The summed E-state index contributed by atoms with van der Waals surface area (Å²) in [6, 6.07) is 6.39. The average molecular weight is 279 g/mol. The predicted molar refractivity (Wildman–Crippen MR) is 76.5 cm³/mol. The molecular formula is C15H22FN3O. The van der Waals surface area contributed by atoms with E-state index in [0.717, 1.165) is 38.0 Å². The molecule has 1 amide bonds. The van der Waals surface area contributed by atoms with Crippen molar-refractivity contribution in [1.29, 1.82) is 0 Å². The van der Waals surface area contributed by atoms with Gasteiger partial charge < -0.3 is 11.1 Å². The lowest BCUT2D eigenvalue weighted by molar-refractivity contribution is -0.123. The molecule has 1 saturated heterocycles. The van der Waals surface area contributed by atoms with Gasteiger partial charge in [0.15, 0.2) is 0 Å². The van der Waals surface area contributed by atoms with Gasteiger partial charge >= 0.3 is 0 Å². The Labute approximate surface area is 119 Å². The molecule has 1 aromatic carbocycles. The number of nitrogens with two attached hydrogens (primary N) is 1. The lowest BCUT2D eigenvalue weighted by Crippen LogP contribution is -2.48. The fourth-order valence-corrected chi connectivity index (χ4v) is 2.42. The largest absolute Gasteiger partial charge is 0.352 e. The van der Waals surface area contributed by atoms with Crippen LogP contribution in [0.3, 0.4) is 0 Å². The molecule has 0 aliphatic carbocycles. The van der Waals surface area contributed by atoms with E-state index >= 15 is 0 Å². The zero-order valence-electron chi connectivity index (χ0n) is 11.8. The van der Waals surface area contributed by atoms with Crippen LogP contribution in [0, 0.1) is 5.82 Å². The summed E-state index contributed by atoms with van der Waals surface area (Å²) in [6.07, 6.45) is 1.86. The molecule has 20 heavy (non-hydrogen) atoms. The topological polar surface area (TPSA) is 58.4 Å². The Morgan fingerprint density at radius 2 is 2.00 bits per heavy atom. The van der Waals surface area contributed by atoms with Gasteiger partial charge in [-0.3, -0.25) is 9.69 Å². The van der Waals surface area contributed by atoms with Gasteiger partial charge in [0.1, 0.15) is 5.82 Å². The minimum Gasteiger partial charge on any atom is -0.352 e. The molecule has 5 heteroatoms. The lowest BCUT2D eigenvalue weighted by Gasteiger charge is -2.32. The zero-order chi connectivity index (χ0) is 14.5. The molecule has 1 unspecified atom stereocenters. The number of carbonyl (C=O) groups is 1. The van der Waals surface area contributed by atoms with Crippen molar-refractivity contribution in [2.45, 2.75) is 38.4 Å². The number of benzene rings is 1. The minimum atomic E-state index is -0.452. The molecule has 0 spiro atoms. The van der Waals surface area contributed by atoms with Gasteiger partial charge in [-0.25, -0.2) is 4.39 Å². The van der Waals surface area contributed by atoms with Crippen molar-refractivity contribution in [2.75, 3.05) is 13.1 Å². The van der Waals surface area contributed by atoms with Gasteiger partial charge in [-0.05, 0) is 37.5 Å². The van der Waals surface area contributed by atoms with E-state index in [0.29, 0.717) is 0 Å². The van der Waals surface area contributed by atoms with Crippen LogP contribution < -0.4 is 11.1 Å². The molecule has 1 aliphatic heterocycles. The van der Waals surface area contributed by atoms with Gasteiger partial charge in [-0.2, -0.15) is 0 Å². The van der Waals surface area contributed by atoms with Gasteiger partial charge in [0.05, 0.1) is 6.04 Å². The van der Waals surface area contributed by atoms with E-state index in [4.69, 9.17) is 5.73 Å². The van der Waals surface area contributed by atoms with Gasteiger partial charge in [-0.1, -0.05) is 12.1 Å². The Bertz CT molecular complexity index is 439. The van der Waals surface area contributed by atoms with Crippen LogP contribution in [0.2, 0.25) is 0 Å². The van der Waals surface area contributed by atoms with E-state index in [9.17, 15) is 9.18 Å². The molecule has 0 bridgehead atoms. The summed E-state index contributed by atoms with van der Waals surface area (Å²) in [6.45, 7) is 4.38. The second kappa shape index (κ2) is 6.81. The smallest absolute Gasteiger partial charge is 0.236 e. The Hall–Kier alpha value is -1.46. The third-order valence-corrected chi connectivity index (χ3v) is 3.67. The highest BCUT2D eigenvalue weighted by molar-refractivity contribution is 5.81. The first-order valence-corrected chi connectivity index (χ1v) is 7.07. The van der Waals surface area contributed by atoms with Gasteiger partial charge in [0.2, 0.25) is 5.91 Å². The van der Waals surface area contributed by atoms with Crippen LogP contribution in [-0.4, -0.2) is 36.0 Å². The zero-order valence-corrected chi connectivity index (χ0v) is 11.8. The Balaban J connectivity index is 1.77. The van der Waals surface area contributed by atoms with Crippen LogP contribution in [0.1, 0.15) is 25.3 Å². The molecule has 1 heterocycles. The van der Waals surface area contributed by atoms with Crippen LogP contribution in [0.25, 0.3) is 0 Å². The quantitative estimate of drug-likeness (QED) is 0.872. The molecule has 4 nitrogen and oxygen atoms in total. The Morgan fingerprint density at radius 3 is 2.55 bits per heavy atom. The van der Waals surface area contributed by atoms with Crippen LogP contribution in [0.5, 0.6) is 0 Å². The van der Waals surface area contributed by atoms with E-state index in [2.05, 4.69) is 10.2 Å². The Kier molecular flexibility index (Phi) is 5.09. The normalized spacial score (nSPS) is 18.8. The number of piperidine rings is 1. The van der Waals surface area contributed by atoms with E-state index in [1.54, 1.807) is 6.92 Å². The fourth-order valence-electron chi connectivity index (χ4n) is 2.42. The molecule has 1 atom stereocenters. The number of hydrogen-bond acceptors (Lipinski definition) is 3. The summed E-state index contributed by atoms with van der Waals surface area (Å²) >= 11 is 0. The molecule has 1 aromatic rings. The number of rotatable bonds is 4. The minimum absolute atomic E-state index is 0.0815. The number of nitrogens with zero attached hydrogens (tertiary/aromatic N) is 1. The molecule has 2 rings (SSSR count). The van der Waals surface area contributed by atoms with Crippen LogP contribution >= 0.6 is 0 Å². The third-order valence-electron chi connectivity index (χ3n) is 3.67. The standard InChI is InChI=1S/C15H22FN3O/c1-11(17)15(20)18-14-6-8-19(9-7-14)10-12-2-4-13(16)5-3-12/h2-5,11,14H,6-10,17H2,1H3,(H,18,20). The highest BCUT2D eigenvalue weighted by Crippen LogP contribution is 2.14. The van der Waals surface area contributed by atoms with Crippen LogP contribution in [-0.2, 0) is 11.3 Å². The number of hydrogen-bond donors (Lipinski definition) is 2. The summed E-state index contributed by atoms with van der Waals surface area (Å²) < 4.78 is 12.8. The molecule has 0 aromatic heterocycles. The summed E-state index contributed by atoms with van der Waals surface area (Å²) in [4.78, 5) is 13.9. The van der Waals surface area contributed by atoms with Crippen LogP contribution in [0.15, 0.2) is 24.3 Å². The van der Waals surface area contributed by atoms with Gasteiger partial charge in [-0.15, -0.1) is 0 Å². The fraction of sp³-hybridized carbons (Fsp3) is 0.533. The number of carbonyl (C=O) groups excluding carboxylic acids is 1. The summed E-state index contributed by atoms with van der Waals surface area (Å²) in [7, 11) is 0. The molecule has 3 N–H and O–H groups in total. The highest BCUT2D eigenvalue weighted by Gasteiger charge is 2.21. The number of halogens is 1. The second-order valence-electron chi connectivity index (χ2n) is 5.47. The summed E-state index contributed by atoms with van der Waals surface area (Å²) in [5.41, 5.74) is 6.66. The first-order chi connectivity index (χ1) is 9.54. The molecule has 110 valence electrons. The maximum Gasteiger partial charge on any atom is 0.236 e. The van der Waals surface area contributed by atoms with Crippen molar-refractivity contribution in [1.82, 2.24) is 10.2 Å². The van der Waals surface area contributed by atoms with Gasteiger partial charge in [0, 0.05) is 25.7 Å². The molecule has 0 radical (unpaired) electrons. The van der Waals surface area contributed by atoms with Crippen LogP contribution in [0.4, 0.5) is 4.39 Å². The monoisotopic (exact) mass is 279 g/mol. The van der Waals surface area contributed by atoms with Crippen molar-refractivity contribution in [3.8, 4) is 0 Å². The number of likely N-dealkylation sites (tertiary alicyclic amines) is 1. The highest BCUT2D eigenvalue weighted by atomic mass is 19.1. The molecule has 1 fully saturated rings. The Morgan fingerprint density at radius 1 is 1.40 bits per heavy atom. The first-order valence-electron chi connectivity index (χ1n) is 7.07. The summed E-state index contributed by atoms with van der Waals surface area (Å²) in [5.74, 6) is -0.284. The van der Waals surface area contributed by atoms with Crippen molar-refractivity contribution in [3.63, 3.8) is 0 Å². The van der Waals surface area contributed by atoms with Crippen molar-refractivity contribution >= 4 is 5.91 Å². The maximum atomic E-state index is 12.8. The van der Waals surface area contributed by atoms with E-state index < -0.39 is 6.04 Å². The molecule has 1 aliphatic rings. The molecular weight excluding hydrogens is 257 g/mol.